The second-order valence-corrected chi connectivity index (χ2v) is 7.59. The van der Waals surface area contributed by atoms with Crippen molar-refractivity contribution in [1.82, 2.24) is 9.97 Å². The number of carbonyl (C=O) groups is 1. The molecule has 0 aliphatic heterocycles. The van der Waals surface area contributed by atoms with E-state index >= 15 is 0 Å². The summed E-state index contributed by atoms with van der Waals surface area (Å²) in [7, 11) is 0. The molecule has 2 aromatic heterocycles. The smallest absolute Gasteiger partial charge is 0.257 e. The summed E-state index contributed by atoms with van der Waals surface area (Å²) in [5.74, 6) is 0.405. The number of benzene rings is 1. The van der Waals surface area contributed by atoms with Gasteiger partial charge in [0.25, 0.3) is 5.91 Å². The SMILES string of the molecule is Cc1nc(NC[C@H](C)O)ccc1C(=O)Nc1ccc(I)c(-c2ccccn2)c1. The van der Waals surface area contributed by atoms with Gasteiger partial charge >= 0.3 is 0 Å². The average molecular weight is 488 g/mol. The molecule has 0 bridgehead atoms. The van der Waals surface area contributed by atoms with Gasteiger partial charge in [-0.25, -0.2) is 4.98 Å². The van der Waals surface area contributed by atoms with E-state index in [0.29, 0.717) is 29.3 Å². The lowest BCUT2D eigenvalue weighted by Gasteiger charge is -2.12. The van der Waals surface area contributed by atoms with Gasteiger partial charge in [0.05, 0.1) is 23.1 Å². The Morgan fingerprint density at radius 2 is 2.04 bits per heavy atom. The van der Waals surface area contributed by atoms with Crippen LogP contribution in [0.3, 0.4) is 0 Å². The Balaban J connectivity index is 1.78. The number of aliphatic hydroxyl groups excluding tert-OH is 1. The maximum atomic E-state index is 12.7. The summed E-state index contributed by atoms with van der Waals surface area (Å²) in [4.78, 5) is 21.5. The fourth-order valence-electron chi connectivity index (χ4n) is 2.67. The third-order valence-electron chi connectivity index (χ3n) is 4.07. The highest BCUT2D eigenvalue weighted by Gasteiger charge is 2.13. The molecule has 0 spiro atoms. The van der Waals surface area contributed by atoms with E-state index in [-0.39, 0.29) is 5.91 Å². The summed E-state index contributed by atoms with van der Waals surface area (Å²) < 4.78 is 1.06. The second-order valence-electron chi connectivity index (χ2n) is 6.42. The molecule has 6 nitrogen and oxygen atoms in total. The summed E-state index contributed by atoms with van der Waals surface area (Å²) in [6, 6.07) is 15.0. The molecule has 0 unspecified atom stereocenters. The van der Waals surface area contributed by atoms with Crippen LogP contribution in [-0.2, 0) is 0 Å². The van der Waals surface area contributed by atoms with Gasteiger partial charge in [0.2, 0.25) is 0 Å². The van der Waals surface area contributed by atoms with E-state index in [4.69, 9.17) is 0 Å². The van der Waals surface area contributed by atoms with Crippen molar-refractivity contribution in [2.24, 2.45) is 0 Å². The number of nitrogens with zero attached hydrogens (tertiary/aromatic N) is 2. The lowest BCUT2D eigenvalue weighted by molar-refractivity contribution is 0.102. The van der Waals surface area contributed by atoms with Gasteiger partial charge in [-0.1, -0.05) is 6.07 Å². The number of hydrogen-bond donors (Lipinski definition) is 3. The Hall–Kier alpha value is -2.52. The van der Waals surface area contributed by atoms with Gasteiger partial charge in [-0.15, -0.1) is 0 Å². The van der Waals surface area contributed by atoms with Crippen molar-refractivity contribution in [3.8, 4) is 11.3 Å². The van der Waals surface area contributed by atoms with Crippen LogP contribution in [0.1, 0.15) is 23.0 Å². The highest BCUT2D eigenvalue weighted by Crippen LogP contribution is 2.27. The highest BCUT2D eigenvalue weighted by molar-refractivity contribution is 14.1. The topological polar surface area (TPSA) is 87.1 Å². The largest absolute Gasteiger partial charge is 0.392 e. The van der Waals surface area contributed by atoms with Crippen LogP contribution in [0, 0.1) is 10.5 Å². The molecule has 28 heavy (non-hydrogen) atoms. The van der Waals surface area contributed by atoms with Crippen LogP contribution < -0.4 is 10.6 Å². The number of aromatic nitrogens is 2. The molecule has 1 aromatic carbocycles. The number of nitrogens with one attached hydrogen (secondary N) is 2. The first-order valence-corrected chi connectivity index (χ1v) is 9.94. The molecule has 0 radical (unpaired) electrons. The van der Waals surface area contributed by atoms with Crippen LogP contribution in [0.4, 0.5) is 11.5 Å². The van der Waals surface area contributed by atoms with E-state index in [0.717, 1.165) is 14.8 Å². The molecule has 1 amide bonds. The number of pyridine rings is 2. The van der Waals surface area contributed by atoms with E-state index in [2.05, 4.69) is 43.2 Å². The molecule has 0 fully saturated rings. The van der Waals surface area contributed by atoms with Crippen molar-refractivity contribution in [2.75, 3.05) is 17.2 Å². The minimum absolute atomic E-state index is 0.222. The van der Waals surface area contributed by atoms with Crippen molar-refractivity contribution >= 4 is 40.0 Å². The lowest BCUT2D eigenvalue weighted by Crippen LogP contribution is -2.18. The molecular weight excluding hydrogens is 467 g/mol. The Labute approximate surface area is 177 Å². The molecule has 0 saturated carbocycles. The third-order valence-corrected chi connectivity index (χ3v) is 5.01. The number of hydrogen-bond acceptors (Lipinski definition) is 5. The number of amides is 1. The first kappa shape index (κ1) is 20.2. The van der Waals surface area contributed by atoms with Gasteiger partial charge in [0.1, 0.15) is 5.82 Å². The molecule has 3 aromatic rings. The van der Waals surface area contributed by atoms with Crippen LogP contribution in [0.2, 0.25) is 0 Å². The average Bonchev–Trinajstić information content (AvgIpc) is 2.68. The summed E-state index contributed by atoms with van der Waals surface area (Å²) in [6.45, 7) is 3.88. The number of rotatable bonds is 6. The molecule has 0 saturated heterocycles. The lowest BCUT2D eigenvalue weighted by atomic mass is 10.1. The summed E-state index contributed by atoms with van der Waals surface area (Å²) in [5.41, 5.74) is 3.63. The number of anilines is 2. The zero-order valence-corrected chi connectivity index (χ0v) is 17.8. The summed E-state index contributed by atoms with van der Waals surface area (Å²) in [5, 5.41) is 15.3. The van der Waals surface area contributed by atoms with Crippen molar-refractivity contribution in [1.29, 1.82) is 0 Å². The fourth-order valence-corrected chi connectivity index (χ4v) is 3.28. The van der Waals surface area contributed by atoms with Crippen molar-refractivity contribution < 1.29 is 9.90 Å². The minimum Gasteiger partial charge on any atom is -0.392 e. The zero-order chi connectivity index (χ0) is 20.1. The van der Waals surface area contributed by atoms with E-state index in [1.165, 1.54) is 0 Å². The Morgan fingerprint density at radius 3 is 2.71 bits per heavy atom. The molecule has 7 heteroatoms. The van der Waals surface area contributed by atoms with Gasteiger partial charge < -0.3 is 15.7 Å². The Bertz CT molecular complexity index is 977. The third kappa shape index (κ3) is 5.05. The summed E-state index contributed by atoms with van der Waals surface area (Å²) in [6.07, 6.45) is 1.28. The number of halogens is 1. The zero-order valence-electron chi connectivity index (χ0n) is 15.6. The van der Waals surface area contributed by atoms with Gasteiger partial charge in [-0.3, -0.25) is 9.78 Å². The predicted octanol–water partition coefficient (Wildman–Crippen LogP) is 4.10. The van der Waals surface area contributed by atoms with Crippen molar-refractivity contribution in [3.05, 3.63) is 69.6 Å². The maximum absolute atomic E-state index is 12.7. The van der Waals surface area contributed by atoms with Crippen molar-refractivity contribution in [3.63, 3.8) is 0 Å². The van der Waals surface area contributed by atoms with E-state index < -0.39 is 6.10 Å². The quantitative estimate of drug-likeness (QED) is 0.455. The van der Waals surface area contributed by atoms with Crippen molar-refractivity contribution in [2.45, 2.75) is 20.0 Å². The first-order valence-electron chi connectivity index (χ1n) is 8.86. The van der Waals surface area contributed by atoms with E-state index in [9.17, 15) is 9.90 Å². The maximum Gasteiger partial charge on any atom is 0.257 e. The highest BCUT2D eigenvalue weighted by atomic mass is 127. The Morgan fingerprint density at radius 1 is 1.21 bits per heavy atom. The van der Waals surface area contributed by atoms with Crippen LogP contribution >= 0.6 is 22.6 Å². The normalized spacial score (nSPS) is 11.7. The number of carbonyl (C=O) groups excluding carboxylic acids is 1. The summed E-state index contributed by atoms with van der Waals surface area (Å²) >= 11 is 2.26. The number of aliphatic hydroxyl groups is 1. The van der Waals surface area contributed by atoms with E-state index in [1.807, 2.05) is 36.4 Å². The fraction of sp³-hybridized carbons (Fsp3) is 0.190. The minimum atomic E-state index is -0.473. The standard InChI is InChI=1S/C21H21IN4O2/c1-13(27)12-24-20-9-7-16(14(2)25-20)21(28)26-15-6-8-18(22)17(11-15)19-5-3-4-10-23-19/h3-11,13,27H,12H2,1-2H3,(H,24,25)(H,26,28)/t13-/m0/s1. The molecular formula is C21H21IN4O2. The van der Waals surface area contributed by atoms with Gasteiger partial charge in [0, 0.05) is 27.6 Å². The molecule has 1 atom stereocenters. The van der Waals surface area contributed by atoms with Gasteiger partial charge in [-0.2, -0.15) is 0 Å². The van der Waals surface area contributed by atoms with Crippen LogP contribution in [0.25, 0.3) is 11.3 Å². The molecule has 2 heterocycles. The van der Waals surface area contributed by atoms with Crippen LogP contribution in [0.15, 0.2) is 54.7 Å². The van der Waals surface area contributed by atoms with E-state index in [1.54, 1.807) is 32.2 Å². The second kappa shape index (κ2) is 9.11. The molecule has 144 valence electrons. The van der Waals surface area contributed by atoms with Crippen LogP contribution in [0.5, 0.6) is 0 Å². The Kier molecular flexibility index (Phi) is 6.58. The number of aryl methyl sites for hydroxylation is 1. The molecule has 0 aliphatic carbocycles. The van der Waals surface area contributed by atoms with Gasteiger partial charge in [0.15, 0.2) is 0 Å². The predicted molar refractivity (Wildman–Crippen MR) is 119 cm³/mol. The molecule has 3 N–H and O–H groups in total. The van der Waals surface area contributed by atoms with Crippen LogP contribution in [-0.4, -0.2) is 33.6 Å². The molecule has 3 rings (SSSR count). The first-order chi connectivity index (χ1) is 13.4. The van der Waals surface area contributed by atoms with Gasteiger partial charge in [-0.05, 0) is 78.9 Å². The molecule has 0 aliphatic rings. The monoisotopic (exact) mass is 488 g/mol.